The van der Waals surface area contributed by atoms with Gasteiger partial charge in [0.05, 0.1) is 11.6 Å². The summed E-state index contributed by atoms with van der Waals surface area (Å²) in [4.78, 5) is 8.84. The lowest BCUT2D eigenvalue weighted by molar-refractivity contribution is 0.171. The predicted molar refractivity (Wildman–Crippen MR) is 79.8 cm³/mol. The van der Waals surface area contributed by atoms with Crippen molar-refractivity contribution < 1.29 is 5.11 Å². The molecule has 0 spiro atoms. The van der Waals surface area contributed by atoms with Crippen LogP contribution in [0.3, 0.4) is 0 Å². The van der Waals surface area contributed by atoms with Crippen molar-refractivity contribution in [1.82, 2.24) is 20.2 Å². The van der Waals surface area contributed by atoms with Crippen molar-refractivity contribution in [3.05, 3.63) is 6.20 Å². The Hall–Kier alpha value is -1.89. The van der Waals surface area contributed by atoms with Crippen molar-refractivity contribution in [2.45, 2.75) is 27.2 Å². The Labute approximate surface area is 118 Å². The minimum atomic E-state index is -0.210. The number of aliphatic hydroxyl groups excluding tert-OH is 1. The van der Waals surface area contributed by atoms with E-state index in [-0.39, 0.29) is 12.0 Å². The van der Waals surface area contributed by atoms with E-state index in [2.05, 4.69) is 37.7 Å². The number of H-pyrrole nitrogens is 1. The van der Waals surface area contributed by atoms with Gasteiger partial charge in [-0.3, -0.25) is 5.10 Å². The highest BCUT2D eigenvalue weighted by atomic mass is 16.3. The molecule has 7 heteroatoms. The van der Waals surface area contributed by atoms with Crippen LogP contribution in [0.2, 0.25) is 0 Å². The largest absolute Gasteiger partial charge is 0.396 e. The molecule has 2 heterocycles. The summed E-state index contributed by atoms with van der Waals surface area (Å²) in [5, 5.41) is 23.5. The minimum Gasteiger partial charge on any atom is -0.396 e. The molecule has 0 saturated heterocycles. The maximum atomic E-state index is 9.31. The molecule has 7 nitrogen and oxygen atoms in total. The zero-order valence-corrected chi connectivity index (χ0v) is 12.2. The molecule has 0 aliphatic rings. The lowest BCUT2D eigenvalue weighted by Crippen LogP contribution is -2.27. The summed E-state index contributed by atoms with van der Waals surface area (Å²) < 4.78 is 0. The SMILES string of the molecule is CCCNc1nc(NCC(C)(C)CO)c2cn[nH]c2n1. The van der Waals surface area contributed by atoms with Crippen LogP contribution in [0.5, 0.6) is 0 Å². The molecular weight excluding hydrogens is 256 g/mol. The first-order valence-corrected chi connectivity index (χ1v) is 6.85. The quantitative estimate of drug-likeness (QED) is 0.614. The Bertz CT molecular complexity index is 565. The summed E-state index contributed by atoms with van der Waals surface area (Å²) >= 11 is 0. The Morgan fingerprint density at radius 2 is 2.10 bits per heavy atom. The molecule has 0 unspecified atom stereocenters. The highest BCUT2D eigenvalue weighted by molar-refractivity contribution is 5.86. The van der Waals surface area contributed by atoms with Crippen molar-refractivity contribution in [2.75, 3.05) is 30.3 Å². The van der Waals surface area contributed by atoms with Crippen molar-refractivity contribution >= 4 is 22.8 Å². The summed E-state index contributed by atoms with van der Waals surface area (Å²) in [6.07, 6.45) is 2.71. The van der Waals surface area contributed by atoms with Crippen LogP contribution in [0.1, 0.15) is 27.2 Å². The smallest absolute Gasteiger partial charge is 0.226 e. The molecule has 0 saturated carbocycles. The summed E-state index contributed by atoms with van der Waals surface area (Å²) in [6, 6.07) is 0. The van der Waals surface area contributed by atoms with E-state index in [0.29, 0.717) is 18.1 Å². The normalized spacial score (nSPS) is 11.8. The average molecular weight is 278 g/mol. The Morgan fingerprint density at radius 3 is 2.80 bits per heavy atom. The van der Waals surface area contributed by atoms with E-state index in [4.69, 9.17) is 0 Å². The van der Waals surface area contributed by atoms with Gasteiger partial charge in [0.2, 0.25) is 5.95 Å². The lowest BCUT2D eigenvalue weighted by Gasteiger charge is -2.22. The molecule has 2 rings (SSSR count). The van der Waals surface area contributed by atoms with E-state index in [1.54, 1.807) is 6.20 Å². The van der Waals surface area contributed by atoms with Crippen molar-refractivity contribution in [2.24, 2.45) is 5.41 Å². The van der Waals surface area contributed by atoms with Crippen LogP contribution >= 0.6 is 0 Å². The topological polar surface area (TPSA) is 98.8 Å². The van der Waals surface area contributed by atoms with Crippen molar-refractivity contribution in [1.29, 1.82) is 0 Å². The first-order valence-electron chi connectivity index (χ1n) is 6.85. The van der Waals surface area contributed by atoms with Gasteiger partial charge in [-0.05, 0) is 6.42 Å². The third kappa shape index (κ3) is 3.36. The second-order valence-corrected chi connectivity index (χ2v) is 5.63. The lowest BCUT2D eigenvalue weighted by atomic mass is 9.95. The number of nitrogens with zero attached hydrogens (tertiary/aromatic N) is 3. The second kappa shape index (κ2) is 6.04. The van der Waals surface area contributed by atoms with Crippen LogP contribution in [0, 0.1) is 5.41 Å². The number of anilines is 2. The van der Waals surface area contributed by atoms with Crippen LogP contribution in [-0.4, -0.2) is 45.0 Å². The van der Waals surface area contributed by atoms with Gasteiger partial charge in [0, 0.05) is 25.1 Å². The van der Waals surface area contributed by atoms with Crippen LogP contribution < -0.4 is 10.6 Å². The Kier molecular flexibility index (Phi) is 4.39. The number of aromatic amines is 1. The van der Waals surface area contributed by atoms with E-state index in [1.807, 2.05) is 13.8 Å². The highest BCUT2D eigenvalue weighted by Gasteiger charge is 2.18. The van der Waals surface area contributed by atoms with Gasteiger partial charge >= 0.3 is 0 Å². The highest BCUT2D eigenvalue weighted by Crippen LogP contribution is 2.22. The molecule has 0 fully saturated rings. The third-order valence-corrected chi connectivity index (χ3v) is 3.01. The molecule has 0 amide bonds. The monoisotopic (exact) mass is 278 g/mol. The number of nitrogens with one attached hydrogen (secondary N) is 3. The summed E-state index contributed by atoms with van der Waals surface area (Å²) in [5.74, 6) is 1.30. The molecule has 4 N–H and O–H groups in total. The van der Waals surface area contributed by atoms with Gasteiger partial charge < -0.3 is 15.7 Å². The number of rotatable bonds is 7. The molecule has 0 aliphatic carbocycles. The number of aromatic nitrogens is 4. The molecule has 0 radical (unpaired) electrons. The zero-order valence-electron chi connectivity index (χ0n) is 12.2. The van der Waals surface area contributed by atoms with Gasteiger partial charge in [0.1, 0.15) is 5.82 Å². The second-order valence-electron chi connectivity index (χ2n) is 5.63. The fourth-order valence-electron chi connectivity index (χ4n) is 1.66. The first kappa shape index (κ1) is 14.5. The zero-order chi connectivity index (χ0) is 14.6. The first-order chi connectivity index (χ1) is 9.55. The van der Waals surface area contributed by atoms with Crippen LogP contribution in [0.4, 0.5) is 11.8 Å². The van der Waals surface area contributed by atoms with Crippen molar-refractivity contribution in [3.63, 3.8) is 0 Å². The van der Waals surface area contributed by atoms with Crippen LogP contribution in [0.15, 0.2) is 6.20 Å². The van der Waals surface area contributed by atoms with Gasteiger partial charge in [0.15, 0.2) is 5.65 Å². The molecule has 0 bridgehead atoms. The molecule has 20 heavy (non-hydrogen) atoms. The van der Waals surface area contributed by atoms with Crippen molar-refractivity contribution in [3.8, 4) is 0 Å². The molecule has 110 valence electrons. The fraction of sp³-hybridized carbons (Fsp3) is 0.615. The summed E-state index contributed by atoms with van der Waals surface area (Å²) in [7, 11) is 0. The van der Waals surface area contributed by atoms with Gasteiger partial charge in [-0.25, -0.2) is 0 Å². The Balaban J connectivity index is 2.23. The molecule has 0 aliphatic heterocycles. The molecule has 2 aromatic heterocycles. The third-order valence-electron chi connectivity index (χ3n) is 3.01. The van der Waals surface area contributed by atoms with E-state index in [9.17, 15) is 5.11 Å². The molecule has 0 atom stereocenters. The summed E-state index contributed by atoms with van der Waals surface area (Å²) in [5.41, 5.74) is 0.487. The number of hydrogen-bond acceptors (Lipinski definition) is 6. The average Bonchev–Trinajstić information content (AvgIpc) is 2.91. The fourth-order valence-corrected chi connectivity index (χ4v) is 1.66. The van der Waals surface area contributed by atoms with Gasteiger partial charge in [0.25, 0.3) is 0 Å². The van der Waals surface area contributed by atoms with E-state index in [1.165, 1.54) is 0 Å². The van der Waals surface area contributed by atoms with Gasteiger partial charge in [-0.2, -0.15) is 15.1 Å². The molecule has 0 aromatic carbocycles. The minimum absolute atomic E-state index is 0.112. The number of fused-ring (bicyclic) bond motifs is 1. The standard InChI is InChI=1S/C13H22N6O/c1-4-5-14-12-17-10(15-7-13(2,3)8-20)9-6-16-19-11(9)18-12/h6,20H,4-5,7-8H2,1-3H3,(H3,14,15,16,17,18,19). The van der Waals surface area contributed by atoms with Crippen LogP contribution in [0.25, 0.3) is 11.0 Å². The Morgan fingerprint density at radius 1 is 1.30 bits per heavy atom. The predicted octanol–water partition coefficient (Wildman–Crippen LogP) is 1.61. The van der Waals surface area contributed by atoms with E-state index >= 15 is 0 Å². The molecule has 2 aromatic rings. The van der Waals surface area contributed by atoms with Gasteiger partial charge in [-0.15, -0.1) is 0 Å². The molecular formula is C13H22N6O. The van der Waals surface area contributed by atoms with E-state index < -0.39 is 0 Å². The van der Waals surface area contributed by atoms with Crippen LogP contribution in [-0.2, 0) is 0 Å². The van der Waals surface area contributed by atoms with E-state index in [0.717, 1.165) is 24.2 Å². The maximum Gasteiger partial charge on any atom is 0.226 e. The number of hydrogen-bond donors (Lipinski definition) is 4. The number of aliphatic hydroxyl groups is 1. The maximum absolute atomic E-state index is 9.31. The summed E-state index contributed by atoms with van der Waals surface area (Å²) in [6.45, 7) is 7.62. The van der Waals surface area contributed by atoms with Gasteiger partial charge in [-0.1, -0.05) is 20.8 Å².